The van der Waals surface area contributed by atoms with Gasteiger partial charge in [0.25, 0.3) is 0 Å². The third-order valence-electron chi connectivity index (χ3n) is 3.68. The predicted octanol–water partition coefficient (Wildman–Crippen LogP) is 4.51. The molecule has 128 valence electrons. The Balaban J connectivity index is 1.66. The summed E-state index contributed by atoms with van der Waals surface area (Å²) in [5.41, 5.74) is 3.53. The van der Waals surface area contributed by atoms with Crippen LogP contribution < -0.4 is 4.74 Å². The van der Waals surface area contributed by atoms with Crippen molar-refractivity contribution in [2.45, 2.75) is 6.61 Å². The van der Waals surface area contributed by atoms with Gasteiger partial charge in [-0.1, -0.05) is 36.3 Å². The number of rotatable bonds is 4. The Kier molecular flexibility index (Phi) is 5.31. The minimum Gasteiger partial charge on any atom is -0.489 e. The number of halogens is 1. The first kappa shape index (κ1) is 17.2. The summed E-state index contributed by atoms with van der Waals surface area (Å²) in [6.07, 6.45) is 0. The van der Waals surface area contributed by atoms with Crippen molar-refractivity contribution in [3.8, 4) is 28.7 Å². The van der Waals surface area contributed by atoms with Gasteiger partial charge in [-0.05, 0) is 59.2 Å². The van der Waals surface area contributed by atoms with E-state index in [4.69, 9.17) is 9.84 Å². The number of carboxylic acid groups (broad SMARTS) is 1. The second kappa shape index (κ2) is 8.00. The van der Waals surface area contributed by atoms with Crippen molar-refractivity contribution in [1.29, 1.82) is 0 Å². The Bertz CT molecular complexity index is 965. The molecule has 0 radical (unpaired) electrons. The Morgan fingerprint density at radius 1 is 0.962 bits per heavy atom. The summed E-state index contributed by atoms with van der Waals surface area (Å²) in [7, 11) is 0. The van der Waals surface area contributed by atoms with Crippen molar-refractivity contribution in [1.82, 2.24) is 0 Å². The van der Waals surface area contributed by atoms with Crippen LogP contribution >= 0.6 is 0 Å². The largest absolute Gasteiger partial charge is 0.489 e. The van der Waals surface area contributed by atoms with Gasteiger partial charge in [-0.3, -0.25) is 0 Å². The van der Waals surface area contributed by atoms with E-state index < -0.39 is 5.97 Å². The second-order valence-corrected chi connectivity index (χ2v) is 5.58. The van der Waals surface area contributed by atoms with Crippen LogP contribution in [0.3, 0.4) is 0 Å². The summed E-state index contributed by atoms with van der Waals surface area (Å²) in [6, 6.07) is 21.1. The molecule has 0 saturated carbocycles. The topological polar surface area (TPSA) is 46.5 Å². The van der Waals surface area contributed by atoms with E-state index >= 15 is 0 Å². The Labute approximate surface area is 150 Å². The van der Waals surface area contributed by atoms with E-state index in [0.29, 0.717) is 17.9 Å². The van der Waals surface area contributed by atoms with Gasteiger partial charge in [0.15, 0.2) is 0 Å². The average molecular weight is 346 g/mol. The maximum Gasteiger partial charge on any atom is 0.382 e. The van der Waals surface area contributed by atoms with Gasteiger partial charge in [0.05, 0.1) is 0 Å². The van der Waals surface area contributed by atoms with Crippen LogP contribution in [0.2, 0.25) is 0 Å². The zero-order valence-electron chi connectivity index (χ0n) is 13.8. The van der Waals surface area contributed by atoms with Gasteiger partial charge in [-0.2, -0.15) is 0 Å². The molecule has 3 nitrogen and oxygen atoms in total. The van der Waals surface area contributed by atoms with Gasteiger partial charge < -0.3 is 9.84 Å². The molecular weight excluding hydrogens is 331 g/mol. The SMILES string of the molecule is O=C(O)C#Cc1ccc(OCc2cccc(-c3ccc(F)cc3)c2)cc1. The van der Waals surface area contributed by atoms with Crippen molar-refractivity contribution in [3.63, 3.8) is 0 Å². The summed E-state index contributed by atoms with van der Waals surface area (Å²) in [4.78, 5) is 10.4. The van der Waals surface area contributed by atoms with E-state index in [2.05, 4.69) is 11.8 Å². The second-order valence-electron chi connectivity index (χ2n) is 5.58. The number of ether oxygens (including phenoxy) is 1. The number of benzene rings is 3. The molecule has 0 heterocycles. The molecule has 0 spiro atoms. The third-order valence-corrected chi connectivity index (χ3v) is 3.68. The van der Waals surface area contributed by atoms with Crippen LogP contribution in [0, 0.1) is 17.7 Å². The van der Waals surface area contributed by atoms with Crippen LogP contribution in [-0.4, -0.2) is 11.1 Å². The van der Waals surface area contributed by atoms with Gasteiger partial charge in [-0.15, -0.1) is 0 Å². The molecule has 0 aromatic heterocycles. The smallest absolute Gasteiger partial charge is 0.382 e. The normalized spacial score (nSPS) is 9.88. The number of carboxylic acids is 1. The number of hydrogen-bond acceptors (Lipinski definition) is 2. The molecule has 3 aromatic rings. The molecule has 0 aliphatic heterocycles. The zero-order valence-corrected chi connectivity index (χ0v) is 13.8. The Morgan fingerprint density at radius 2 is 1.69 bits per heavy atom. The lowest BCUT2D eigenvalue weighted by Gasteiger charge is -2.08. The van der Waals surface area contributed by atoms with Crippen molar-refractivity contribution < 1.29 is 19.0 Å². The zero-order chi connectivity index (χ0) is 18.4. The van der Waals surface area contributed by atoms with E-state index in [0.717, 1.165) is 16.7 Å². The van der Waals surface area contributed by atoms with Gasteiger partial charge in [0.2, 0.25) is 0 Å². The lowest BCUT2D eigenvalue weighted by Crippen LogP contribution is -1.95. The molecule has 1 N–H and O–H groups in total. The summed E-state index contributed by atoms with van der Waals surface area (Å²) in [6.45, 7) is 0.384. The molecule has 3 rings (SSSR count). The van der Waals surface area contributed by atoms with E-state index in [-0.39, 0.29) is 5.82 Å². The molecule has 0 bridgehead atoms. The van der Waals surface area contributed by atoms with E-state index in [9.17, 15) is 9.18 Å². The summed E-state index contributed by atoms with van der Waals surface area (Å²) in [5, 5.41) is 8.54. The van der Waals surface area contributed by atoms with Crippen LogP contribution in [-0.2, 0) is 11.4 Å². The number of aliphatic carboxylic acids is 1. The standard InChI is InChI=1S/C22H15FO3/c23-20-9-7-18(8-10-20)19-3-1-2-17(14-19)15-26-21-11-4-16(5-12-21)6-13-22(24)25/h1-5,7-12,14H,15H2,(H,24,25). The first-order valence-corrected chi connectivity index (χ1v) is 7.93. The summed E-state index contributed by atoms with van der Waals surface area (Å²) >= 11 is 0. The van der Waals surface area contributed by atoms with E-state index in [1.165, 1.54) is 12.1 Å². The van der Waals surface area contributed by atoms with Crippen LogP contribution in [0.25, 0.3) is 11.1 Å². The first-order valence-electron chi connectivity index (χ1n) is 7.93. The molecule has 0 atom stereocenters. The van der Waals surface area contributed by atoms with Crippen LogP contribution in [0.5, 0.6) is 5.75 Å². The fraction of sp³-hybridized carbons (Fsp3) is 0.0455. The predicted molar refractivity (Wildman–Crippen MR) is 97.1 cm³/mol. The van der Waals surface area contributed by atoms with Crippen LogP contribution in [0.4, 0.5) is 4.39 Å². The van der Waals surface area contributed by atoms with Crippen LogP contribution in [0.1, 0.15) is 11.1 Å². The molecule has 0 aliphatic rings. The molecule has 0 saturated heterocycles. The fourth-order valence-electron chi connectivity index (χ4n) is 2.41. The van der Waals surface area contributed by atoms with Gasteiger partial charge in [-0.25, -0.2) is 9.18 Å². The van der Waals surface area contributed by atoms with Crippen molar-refractivity contribution in [2.24, 2.45) is 0 Å². The Hall–Kier alpha value is -3.58. The van der Waals surface area contributed by atoms with Gasteiger partial charge in [0, 0.05) is 11.5 Å². The molecule has 3 aromatic carbocycles. The van der Waals surface area contributed by atoms with Crippen molar-refractivity contribution in [2.75, 3.05) is 0 Å². The lowest BCUT2D eigenvalue weighted by atomic mass is 10.0. The minimum absolute atomic E-state index is 0.260. The molecule has 26 heavy (non-hydrogen) atoms. The molecule has 0 aliphatic carbocycles. The lowest BCUT2D eigenvalue weighted by molar-refractivity contribution is -0.130. The molecular formula is C22H15FO3. The van der Waals surface area contributed by atoms with Gasteiger partial charge in [0.1, 0.15) is 18.2 Å². The minimum atomic E-state index is -1.16. The molecule has 4 heteroatoms. The number of carbonyl (C=O) groups is 1. The summed E-state index contributed by atoms with van der Waals surface area (Å²) in [5.74, 6) is 3.85. The van der Waals surface area contributed by atoms with Crippen LogP contribution in [0.15, 0.2) is 72.8 Å². The average Bonchev–Trinajstić information content (AvgIpc) is 2.66. The fourth-order valence-corrected chi connectivity index (χ4v) is 2.41. The Morgan fingerprint density at radius 3 is 2.38 bits per heavy atom. The van der Waals surface area contributed by atoms with Gasteiger partial charge >= 0.3 is 5.97 Å². The molecule has 0 fully saturated rings. The summed E-state index contributed by atoms with van der Waals surface area (Å²) < 4.78 is 18.8. The maximum atomic E-state index is 13.0. The highest BCUT2D eigenvalue weighted by Crippen LogP contribution is 2.22. The van der Waals surface area contributed by atoms with Crippen molar-refractivity contribution >= 4 is 5.97 Å². The molecule has 0 unspecified atom stereocenters. The third kappa shape index (κ3) is 4.71. The first-order chi connectivity index (χ1) is 12.6. The highest BCUT2D eigenvalue weighted by atomic mass is 19.1. The highest BCUT2D eigenvalue weighted by molar-refractivity contribution is 5.87. The number of hydrogen-bond donors (Lipinski definition) is 1. The highest BCUT2D eigenvalue weighted by Gasteiger charge is 2.01. The van der Waals surface area contributed by atoms with E-state index in [1.54, 1.807) is 36.4 Å². The maximum absolute atomic E-state index is 13.0. The quantitative estimate of drug-likeness (QED) is 0.707. The molecule has 0 amide bonds. The van der Waals surface area contributed by atoms with E-state index in [1.807, 2.05) is 24.3 Å². The monoisotopic (exact) mass is 346 g/mol. The van der Waals surface area contributed by atoms with Crippen molar-refractivity contribution in [3.05, 3.63) is 89.7 Å².